The lowest BCUT2D eigenvalue weighted by molar-refractivity contribution is 0.102. The fraction of sp³-hybridized carbons (Fsp3) is 0.462. The number of amides is 1. The molecule has 0 aliphatic carbocycles. The predicted octanol–water partition coefficient (Wildman–Crippen LogP) is 3.52. The highest BCUT2D eigenvalue weighted by molar-refractivity contribution is 7.13. The van der Waals surface area contributed by atoms with E-state index in [-0.39, 0.29) is 5.91 Å². The Hall–Kier alpha value is -1.40. The van der Waals surface area contributed by atoms with Crippen molar-refractivity contribution in [1.29, 1.82) is 0 Å². The number of carbonyl (C=O) groups is 1. The molecule has 2 aromatic heterocycles. The zero-order valence-corrected chi connectivity index (χ0v) is 13.5. The molecule has 0 saturated carbocycles. The molecule has 0 atom stereocenters. The van der Waals surface area contributed by atoms with Gasteiger partial charge in [-0.25, -0.2) is 4.98 Å². The lowest BCUT2D eigenvalue weighted by Crippen LogP contribution is -2.13. The summed E-state index contributed by atoms with van der Waals surface area (Å²) in [5.41, 5.74) is 1.92. The Labute approximate surface area is 127 Å². The summed E-state index contributed by atoms with van der Waals surface area (Å²) >= 11 is 7.65. The van der Waals surface area contributed by atoms with Crippen molar-refractivity contribution in [2.75, 3.05) is 5.32 Å². The van der Waals surface area contributed by atoms with Gasteiger partial charge in [0.05, 0.1) is 17.0 Å². The zero-order chi connectivity index (χ0) is 14.9. The number of carbonyl (C=O) groups excluding carboxylic acids is 1. The minimum Gasteiger partial charge on any atom is -0.298 e. The third-order valence-electron chi connectivity index (χ3n) is 2.67. The number of halogens is 1. The SMILES string of the molecule is Cc1csc(NC(=O)c2c(C)nn(CC(C)C)c2Cl)n1. The summed E-state index contributed by atoms with van der Waals surface area (Å²) in [6.45, 7) is 8.50. The van der Waals surface area contributed by atoms with Gasteiger partial charge in [0.2, 0.25) is 0 Å². The van der Waals surface area contributed by atoms with Gasteiger partial charge in [-0.3, -0.25) is 14.8 Å². The van der Waals surface area contributed by atoms with E-state index in [4.69, 9.17) is 11.6 Å². The van der Waals surface area contributed by atoms with E-state index in [2.05, 4.69) is 29.2 Å². The van der Waals surface area contributed by atoms with Gasteiger partial charge in [0.15, 0.2) is 5.13 Å². The topological polar surface area (TPSA) is 59.8 Å². The molecule has 7 heteroatoms. The van der Waals surface area contributed by atoms with Crippen molar-refractivity contribution in [3.05, 3.63) is 27.5 Å². The van der Waals surface area contributed by atoms with Crippen molar-refractivity contribution in [2.24, 2.45) is 5.92 Å². The summed E-state index contributed by atoms with van der Waals surface area (Å²) < 4.78 is 1.67. The van der Waals surface area contributed by atoms with Crippen LogP contribution in [0.1, 0.15) is 35.6 Å². The van der Waals surface area contributed by atoms with Crippen molar-refractivity contribution >= 4 is 34.0 Å². The summed E-state index contributed by atoms with van der Waals surface area (Å²) in [6.07, 6.45) is 0. The highest BCUT2D eigenvalue weighted by Gasteiger charge is 2.21. The second-order valence-corrected chi connectivity index (χ2v) is 6.29. The summed E-state index contributed by atoms with van der Waals surface area (Å²) in [4.78, 5) is 16.5. The molecule has 0 aliphatic heterocycles. The Balaban J connectivity index is 2.23. The van der Waals surface area contributed by atoms with Crippen molar-refractivity contribution < 1.29 is 4.79 Å². The molecule has 0 aromatic carbocycles. The molecule has 2 aromatic rings. The first-order valence-corrected chi connectivity index (χ1v) is 7.60. The Morgan fingerprint density at radius 1 is 1.50 bits per heavy atom. The fourth-order valence-electron chi connectivity index (χ4n) is 1.85. The second-order valence-electron chi connectivity index (χ2n) is 5.08. The maximum Gasteiger partial charge on any atom is 0.262 e. The molecule has 0 bridgehead atoms. The molecule has 0 spiro atoms. The monoisotopic (exact) mass is 312 g/mol. The number of aromatic nitrogens is 3. The minimum absolute atomic E-state index is 0.267. The lowest BCUT2D eigenvalue weighted by Gasteiger charge is -2.06. The van der Waals surface area contributed by atoms with Crippen LogP contribution in [0.25, 0.3) is 0 Å². The largest absolute Gasteiger partial charge is 0.298 e. The molecule has 5 nitrogen and oxygen atoms in total. The van der Waals surface area contributed by atoms with E-state index in [1.54, 1.807) is 11.6 Å². The van der Waals surface area contributed by atoms with Gasteiger partial charge in [-0.2, -0.15) is 5.10 Å². The third kappa shape index (κ3) is 3.19. The van der Waals surface area contributed by atoms with E-state index < -0.39 is 0 Å². The van der Waals surface area contributed by atoms with E-state index in [0.717, 1.165) is 5.69 Å². The van der Waals surface area contributed by atoms with E-state index in [0.29, 0.717) is 34.0 Å². The number of rotatable bonds is 4. The van der Waals surface area contributed by atoms with E-state index in [1.807, 2.05) is 12.3 Å². The molecule has 0 unspecified atom stereocenters. The number of hydrogen-bond acceptors (Lipinski definition) is 4. The first kappa shape index (κ1) is 15.0. The van der Waals surface area contributed by atoms with Crippen LogP contribution in [0.5, 0.6) is 0 Å². The highest BCUT2D eigenvalue weighted by Crippen LogP contribution is 2.23. The van der Waals surface area contributed by atoms with Crippen LogP contribution in [0.2, 0.25) is 5.15 Å². The van der Waals surface area contributed by atoms with Crippen LogP contribution in [0.3, 0.4) is 0 Å². The van der Waals surface area contributed by atoms with Gasteiger partial charge < -0.3 is 0 Å². The van der Waals surface area contributed by atoms with E-state index in [1.165, 1.54) is 11.3 Å². The van der Waals surface area contributed by atoms with Crippen LogP contribution < -0.4 is 5.32 Å². The summed E-state index contributed by atoms with van der Waals surface area (Å²) in [6, 6.07) is 0. The molecule has 1 amide bonds. The Morgan fingerprint density at radius 2 is 2.20 bits per heavy atom. The number of nitrogens with zero attached hydrogens (tertiary/aromatic N) is 3. The first-order valence-electron chi connectivity index (χ1n) is 6.35. The molecule has 0 radical (unpaired) electrons. The third-order valence-corrected chi connectivity index (χ3v) is 3.93. The smallest absolute Gasteiger partial charge is 0.262 e. The van der Waals surface area contributed by atoms with Gasteiger partial charge in [0.25, 0.3) is 5.91 Å². The molecule has 2 heterocycles. The Kier molecular flexibility index (Phi) is 4.45. The average molecular weight is 313 g/mol. The van der Waals surface area contributed by atoms with Crippen LogP contribution >= 0.6 is 22.9 Å². The van der Waals surface area contributed by atoms with Crippen molar-refractivity contribution in [3.63, 3.8) is 0 Å². The van der Waals surface area contributed by atoms with Gasteiger partial charge >= 0.3 is 0 Å². The van der Waals surface area contributed by atoms with Crippen LogP contribution in [0.4, 0.5) is 5.13 Å². The molecule has 2 rings (SSSR count). The summed E-state index contributed by atoms with van der Waals surface area (Å²) in [5, 5.41) is 9.91. The quantitative estimate of drug-likeness (QED) is 0.939. The summed E-state index contributed by atoms with van der Waals surface area (Å²) in [5.74, 6) is 0.140. The maximum absolute atomic E-state index is 12.3. The van der Waals surface area contributed by atoms with Gasteiger partial charge in [0, 0.05) is 11.9 Å². The van der Waals surface area contributed by atoms with Crippen LogP contribution in [0, 0.1) is 19.8 Å². The standard InChI is InChI=1S/C13H17ClN4OS/c1-7(2)5-18-11(14)10(9(4)17-18)12(19)16-13-15-8(3)6-20-13/h6-7H,5H2,1-4H3,(H,15,16,19). The van der Waals surface area contributed by atoms with Gasteiger partial charge in [-0.15, -0.1) is 11.3 Å². The first-order chi connectivity index (χ1) is 9.38. The Morgan fingerprint density at radius 3 is 2.75 bits per heavy atom. The second kappa shape index (κ2) is 5.93. The number of anilines is 1. The molecule has 20 heavy (non-hydrogen) atoms. The van der Waals surface area contributed by atoms with Crippen molar-refractivity contribution in [2.45, 2.75) is 34.2 Å². The number of nitrogens with one attached hydrogen (secondary N) is 1. The van der Waals surface area contributed by atoms with E-state index in [9.17, 15) is 4.79 Å². The van der Waals surface area contributed by atoms with Crippen molar-refractivity contribution in [1.82, 2.24) is 14.8 Å². The zero-order valence-electron chi connectivity index (χ0n) is 11.9. The average Bonchev–Trinajstić information content (AvgIpc) is 2.83. The molecule has 1 N–H and O–H groups in total. The maximum atomic E-state index is 12.3. The van der Waals surface area contributed by atoms with Crippen LogP contribution in [0.15, 0.2) is 5.38 Å². The Bertz CT molecular complexity index is 632. The van der Waals surface area contributed by atoms with Crippen LogP contribution in [-0.4, -0.2) is 20.7 Å². The molecular weight excluding hydrogens is 296 g/mol. The molecule has 0 saturated heterocycles. The molecular formula is C13H17ClN4OS. The van der Waals surface area contributed by atoms with Gasteiger partial charge in [0.1, 0.15) is 5.15 Å². The number of thiazole rings is 1. The lowest BCUT2D eigenvalue weighted by atomic mass is 10.2. The van der Waals surface area contributed by atoms with E-state index >= 15 is 0 Å². The number of hydrogen-bond donors (Lipinski definition) is 1. The van der Waals surface area contributed by atoms with Gasteiger partial charge in [-0.1, -0.05) is 25.4 Å². The predicted molar refractivity (Wildman–Crippen MR) is 81.6 cm³/mol. The number of aryl methyl sites for hydroxylation is 2. The van der Waals surface area contributed by atoms with Gasteiger partial charge in [-0.05, 0) is 19.8 Å². The normalized spacial score (nSPS) is 11.1. The molecule has 0 aliphatic rings. The minimum atomic E-state index is -0.267. The highest BCUT2D eigenvalue weighted by atomic mass is 35.5. The molecule has 108 valence electrons. The summed E-state index contributed by atoms with van der Waals surface area (Å²) in [7, 11) is 0. The fourth-order valence-corrected chi connectivity index (χ4v) is 2.86. The molecule has 0 fully saturated rings. The van der Waals surface area contributed by atoms with Crippen LogP contribution in [-0.2, 0) is 6.54 Å². The van der Waals surface area contributed by atoms with Crippen molar-refractivity contribution in [3.8, 4) is 0 Å².